The van der Waals surface area contributed by atoms with Crippen LogP contribution in [0.15, 0.2) is 36.5 Å². The van der Waals surface area contributed by atoms with Crippen molar-refractivity contribution in [1.82, 2.24) is 14.9 Å². The predicted molar refractivity (Wildman–Crippen MR) is 101 cm³/mol. The first-order valence-electron chi connectivity index (χ1n) is 9.13. The first-order chi connectivity index (χ1) is 13.1. The number of aromatic nitrogens is 2. The Morgan fingerprint density at radius 2 is 2.00 bits per heavy atom. The summed E-state index contributed by atoms with van der Waals surface area (Å²) in [6, 6.07) is 8.37. The van der Waals surface area contributed by atoms with Crippen LogP contribution in [0.5, 0.6) is 0 Å². The molecule has 8 heteroatoms. The number of likely N-dealkylation sites (tertiary alicyclic amines) is 1. The van der Waals surface area contributed by atoms with Gasteiger partial charge in [-0.25, -0.2) is 14.2 Å². The highest BCUT2D eigenvalue weighted by atomic mass is 19.1. The van der Waals surface area contributed by atoms with E-state index >= 15 is 0 Å². The number of hydrogen-bond acceptors (Lipinski definition) is 6. The number of rotatable bonds is 6. The van der Waals surface area contributed by atoms with Crippen LogP contribution in [0.2, 0.25) is 0 Å². The Morgan fingerprint density at radius 3 is 2.70 bits per heavy atom. The van der Waals surface area contributed by atoms with Crippen LogP contribution >= 0.6 is 0 Å². The van der Waals surface area contributed by atoms with Gasteiger partial charge in [0.15, 0.2) is 0 Å². The molecule has 0 saturated carbocycles. The number of anilines is 2. The molecular formula is C19H24FN5O2. The highest BCUT2D eigenvalue weighted by molar-refractivity contribution is 5.67. The van der Waals surface area contributed by atoms with E-state index in [1.165, 1.54) is 12.1 Å². The largest absolute Gasteiger partial charge is 0.450 e. The van der Waals surface area contributed by atoms with Crippen molar-refractivity contribution < 1.29 is 13.9 Å². The van der Waals surface area contributed by atoms with Crippen LogP contribution in [0.4, 0.5) is 21.0 Å². The molecule has 1 aliphatic heterocycles. The number of halogens is 1. The van der Waals surface area contributed by atoms with Gasteiger partial charge in [0.05, 0.1) is 6.61 Å². The van der Waals surface area contributed by atoms with Gasteiger partial charge in [0, 0.05) is 31.9 Å². The summed E-state index contributed by atoms with van der Waals surface area (Å²) in [6.45, 7) is 4.05. The third-order valence-electron chi connectivity index (χ3n) is 4.39. The van der Waals surface area contributed by atoms with Crippen molar-refractivity contribution >= 4 is 17.9 Å². The average Bonchev–Trinajstić information content (AvgIpc) is 2.69. The first kappa shape index (κ1) is 18.9. The third kappa shape index (κ3) is 5.54. The van der Waals surface area contributed by atoms with Gasteiger partial charge in [0.2, 0.25) is 5.95 Å². The van der Waals surface area contributed by atoms with Crippen LogP contribution in [0.1, 0.15) is 25.3 Å². The fourth-order valence-electron chi connectivity index (χ4n) is 2.94. The molecule has 1 aromatic heterocycles. The molecule has 1 fully saturated rings. The second-order valence-corrected chi connectivity index (χ2v) is 6.35. The molecule has 2 heterocycles. The van der Waals surface area contributed by atoms with Gasteiger partial charge < -0.3 is 20.3 Å². The molecule has 0 radical (unpaired) electrons. The Bertz CT molecular complexity index is 748. The number of amides is 1. The van der Waals surface area contributed by atoms with Gasteiger partial charge in [-0.2, -0.15) is 4.98 Å². The molecule has 0 atom stereocenters. The van der Waals surface area contributed by atoms with Crippen LogP contribution in [-0.4, -0.2) is 46.7 Å². The van der Waals surface area contributed by atoms with Crippen molar-refractivity contribution in [3.8, 4) is 0 Å². The first-order valence-corrected chi connectivity index (χ1v) is 9.13. The fourth-order valence-corrected chi connectivity index (χ4v) is 2.94. The van der Waals surface area contributed by atoms with E-state index in [9.17, 15) is 9.18 Å². The highest BCUT2D eigenvalue weighted by Crippen LogP contribution is 2.17. The van der Waals surface area contributed by atoms with Crippen molar-refractivity contribution in [3.63, 3.8) is 0 Å². The summed E-state index contributed by atoms with van der Waals surface area (Å²) in [4.78, 5) is 22.2. The predicted octanol–water partition coefficient (Wildman–Crippen LogP) is 3.26. The minimum absolute atomic E-state index is 0.245. The zero-order chi connectivity index (χ0) is 19.1. The molecule has 2 N–H and O–H groups in total. The molecule has 1 aliphatic rings. The monoisotopic (exact) mass is 373 g/mol. The summed E-state index contributed by atoms with van der Waals surface area (Å²) in [6.07, 6.45) is 3.11. The minimum atomic E-state index is -0.254. The SMILES string of the molecule is CCOC(=O)N1CCC(Nc2ccnc(NCc3ccc(F)cc3)n2)CC1. The Morgan fingerprint density at radius 1 is 1.26 bits per heavy atom. The van der Waals surface area contributed by atoms with Crippen molar-refractivity contribution in [1.29, 1.82) is 0 Å². The van der Waals surface area contributed by atoms with Gasteiger partial charge in [0.1, 0.15) is 11.6 Å². The van der Waals surface area contributed by atoms with Crippen LogP contribution in [-0.2, 0) is 11.3 Å². The molecule has 2 aromatic rings. The smallest absolute Gasteiger partial charge is 0.409 e. The quantitative estimate of drug-likeness (QED) is 0.809. The molecule has 144 valence electrons. The number of ether oxygens (including phenoxy) is 1. The van der Waals surface area contributed by atoms with E-state index in [2.05, 4.69) is 20.6 Å². The normalized spacial score (nSPS) is 14.7. The van der Waals surface area contributed by atoms with E-state index in [-0.39, 0.29) is 18.0 Å². The van der Waals surface area contributed by atoms with Gasteiger partial charge in [-0.05, 0) is 43.5 Å². The summed E-state index contributed by atoms with van der Waals surface area (Å²) < 4.78 is 18.0. The second-order valence-electron chi connectivity index (χ2n) is 6.35. The lowest BCUT2D eigenvalue weighted by atomic mass is 10.1. The highest BCUT2D eigenvalue weighted by Gasteiger charge is 2.23. The van der Waals surface area contributed by atoms with Crippen molar-refractivity contribution in [2.45, 2.75) is 32.4 Å². The van der Waals surface area contributed by atoms with Gasteiger partial charge >= 0.3 is 6.09 Å². The standard InChI is InChI=1S/C19H24FN5O2/c1-2-27-19(26)25-11-8-16(9-12-25)23-17-7-10-21-18(24-17)22-13-14-3-5-15(20)6-4-14/h3-7,10,16H,2,8-9,11-13H2,1H3,(H2,21,22,23,24). The summed E-state index contributed by atoms with van der Waals surface area (Å²) >= 11 is 0. The molecule has 1 amide bonds. The summed E-state index contributed by atoms with van der Waals surface area (Å²) in [5.41, 5.74) is 0.949. The number of nitrogens with zero attached hydrogens (tertiary/aromatic N) is 3. The van der Waals surface area contributed by atoms with Crippen LogP contribution in [0, 0.1) is 5.82 Å². The Kier molecular flexibility index (Phi) is 6.40. The Hall–Kier alpha value is -2.90. The van der Waals surface area contributed by atoms with Crippen molar-refractivity contribution in [3.05, 3.63) is 47.9 Å². The molecule has 3 rings (SSSR count). The molecule has 7 nitrogen and oxygen atoms in total. The summed E-state index contributed by atoms with van der Waals surface area (Å²) in [5, 5.41) is 6.54. The van der Waals surface area contributed by atoms with E-state index in [0.29, 0.717) is 32.2 Å². The van der Waals surface area contributed by atoms with E-state index in [4.69, 9.17) is 4.74 Å². The molecule has 27 heavy (non-hydrogen) atoms. The van der Waals surface area contributed by atoms with Crippen molar-refractivity contribution in [2.24, 2.45) is 0 Å². The molecular weight excluding hydrogens is 349 g/mol. The van der Waals surface area contributed by atoms with Crippen LogP contribution < -0.4 is 10.6 Å². The lowest BCUT2D eigenvalue weighted by molar-refractivity contribution is 0.0983. The number of carbonyl (C=O) groups excluding carboxylic acids is 1. The van der Waals surface area contributed by atoms with Gasteiger partial charge in [0.25, 0.3) is 0 Å². The number of piperidine rings is 1. The third-order valence-corrected chi connectivity index (χ3v) is 4.39. The lowest BCUT2D eigenvalue weighted by Crippen LogP contribution is -2.42. The number of nitrogens with one attached hydrogen (secondary N) is 2. The van der Waals surface area contributed by atoms with E-state index in [1.54, 1.807) is 23.2 Å². The average molecular weight is 373 g/mol. The maximum absolute atomic E-state index is 13.0. The number of carbonyl (C=O) groups is 1. The molecule has 1 saturated heterocycles. The van der Waals surface area contributed by atoms with E-state index in [1.807, 2.05) is 13.0 Å². The summed E-state index contributed by atoms with van der Waals surface area (Å²) in [5.74, 6) is 0.990. The van der Waals surface area contributed by atoms with Crippen molar-refractivity contribution in [2.75, 3.05) is 30.3 Å². The van der Waals surface area contributed by atoms with Crippen LogP contribution in [0.25, 0.3) is 0 Å². The molecule has 0 bridgehead atoms. The maximum Gasteiger partial charge on any atom is 0.409 e. The molecule has 0 unspecified atom stereocenters. The Balaban J connectivity index is 1.49. The fraction of sp³-hybridized carbons (Fsp3) is 0.421. The van der Waals surface area contributed by atoms with Gasteiger partial charge in [-0.15, -0.1) is 0 Å². The molecule has 0 spiro atoms. The minimum Gasteiger partial charge on any atom is -0.450 e. The van der Waals surface area contributed by atoms with Gasteiger partial charge in [-0.1, -0.05) is 12.1 Å². The van der Waals surface area contributed by atoms with E-state index in [0.717, 1.165) is 24.2 Å². The second kappa shape index (κ2) is 9.16. The van der Waals surface area contributed by atoms with E-state index < -0.39 is 0 Å². The number of benzene rings is 1. The summed E-state index contributed by atoms with van der Waals surface area (Å²) in [7, 11) is 0. The Labute approximate surface area is 158 Å². The molecule has 1 aromatic carbocycles. The topological polar surface area (TPSA) is 79.4 Å². The zero-order valence-corrected chi connectivity index (χ0v) is 15.3. The maximum atomic E-state index is 13.0. The molecule has 0 aliphatic carbocycles. The van der Waals surface area contributed by atoms with Gasteiger partial charge in [-0.3, -0.25) is 0 Å². The number of hydrogen-bond donors (Lipinski definition) is 2. The lowest BCUT2D eigenvalue weighted by Gasteiger charge is -2.31. The zero-order valence-electron chi connectivity index (χ0n) is 15.3. The van der Waals surface area contributed by atoms with Crippen LogP contribution in [0.3, 0.4) is 0 Å².